The SMILES string of the molecule is C[C@H]1O[C@@H](O[C@H]2[C@@H](O)C[C@H](O[C@H]3CC[C@@]4(C)[C@H](CC[C@@H]5[C@@H]4CC[C@]4(C)[C@@H](C6=CC(=O)OC6)[C@@H](O)C[C@]54O)C3)O[C@@H]2C)C[C@H](O)C1O[C@H]1C[C@@H](O)[C@H](O)[C@@H](C)O1. The molecule has 8 aliphatic rings. The van der Waals surface area contributed by atoms with Gasteiger partial charge in [-0.15, -0.1) is 0 Å². The zero-order valence-electron chi connectivity index (χ0n) is 32.9. The number of rotatable bonds is 7. The summed E-state index contributed by atoms with van der Waals surface area (Å²) in [5.74, 6) is 0.174. The van der Waals surface area contributed by atoms with Gasteiger partial charge in [0.15, 0.2) is 18.9 Å². The summed E-state index contributed by atoms with van der Waals surface area (Å²) in [6.07, 6.45) is -1.26. The molecule has 14 heteroatoms. The standard InChI is InChI=1S/C41H64O14/c1-19-36(47)27(42)14-33(50-19)54-38-21(3)52-34(16-29(38)44)55-37-20(2)51-32(15-28(37)43)53-24-8-10-39(4)23(13-24)6-7-26-25(39)9-11-40(5)35(22-12-31(46)49-18-22)30(45)17-41(26,40)48/h12,19-21,23-30,32-38,42-45,47-48H,6-11,13-18H2,1-5H3/t19-,20-,21-,23-,24+,25+,26-,27-,28+,29+,30+,32+,33+,34+,35+,36-,37-,38?,39+,40-,41+/m1/s1. The first-order chi connectivity index (χ1) is 26.0. The molecule has 1 unspecified atom stereocenters. The minimum atomic E-state index is -1.01. The molecule has 0 aromatic heterocycles. The molecule has 8 rings (SSSR count). The molecule has 4 saturated carbocycles. The summed E-state index contributed by atoms with van der Waals surface area (Å²) in [7, 11) is 0. The number of hydrogen-bond donors (Lipinski definition) is 6. The van der Waals surface area contributed by atoms with E-state index in [1.54, 1.807) is 13.8 Å². The molecular formula is C41H64O14. The van der Waals surface area contributed by atoms with Crippen LogP contribution in [-0.2, 0) is 38.0 Å². The molecule has 0 aromatic carbocycles. The van der Waals surface area contributed by atoms with Gasteiger partial charge in [0.25, 0.3) is 0 Å². The summed E-state index contributed by atoms with van der Waals surface area (Å²) < 4.78 is 42.1. The maximum atomic E-state index is 12.6. The number of carbonyl (C=O) groups excluding carboxylic acids is 1. The number of ether oxygens (including phenoxy) is 7. The van der Waals surface area contributed by atoms with Crippen molar-refractivity contribution in [2.24, 2.45) is 34.5 Å². The van der Waals surface area contributed by atoms with E-state index in [1.807, 2.05) is 6.92 Å². The topological polar surface area (TPSA) is 203 Å². The Hall–Kier alpha value is -1.27. The molecule has 0 amide bonds. The first-order valence-electron chi connectivity index (χ1n) is 20.9. The molecule has 21 atom stereocenters. The third-order valence-corrected chi connectivity index (χ3v) is 15.8. The Labute approximate surface area is 323 Å². The van der Waals surface area contributed by atoms with Crippen molar-refractivity contribution < 1.29 is 68.6 Å². The highest BCUT2D eigenvalue weighted by Crippen LogP contribution is 2.70. The maximum Gasteiger partial charge on any atom is 0.331 e. The number of aliphatic hydroxyl groups excluding tert-OH is 5. The number of carbonyl (C=O) groups is 1. The summed E-state index contributed by atoms with van der Waals surface area (Å²) in [6, 6.07) is 0. The molecule has 4 aliphatic carbocycles. The van der Waals surface area contributed by atoms with Crippen LogP contribution in [0.25, 0.3) is 0 Å². The van der Waals surface area contributed by atoms with E-state index in [0.29, 0.717) is 18.3 Å². The lowest BCUT2D eigenvalue weighted by Gasteiger charge is -2.63. The Morgan fingerprint density at radius 2 is 1.29 bits per heavy atom. The molecule has 14 nitrogen and oxygen atoms in total. The van der Waals surface area contributed by atoms with Crippen LogP contribution in [0.2, 0.25) is 0 Å². The van der Waals surface area contributed by atoms with Gasteiger partial charge >= 0.3 is 5.97 Å². The summed E-state index contributed by atoms with van der Waals surface area (Å²) >= 11 is 0. The van der Waals surface area contributed by atoms with Gasteiger partial charge < -0.3 is 63.8 Å². The average Bonchev–Trinajstić information content (AvgIpc) is 3.62. The van der Waals surface area contributed by atoms with E-state index in [9.17, 15) is 35.4 Å². The Kier molecular flexibility index (Phi) is 11.1. The van der Waals surface area contributed by atoms with Crippen LogP contribution >= 0.6 is 0 Å². The van der Waals surface area contributed by atoms with Crippen LogP contribution < -0.4 is 0 Å². The molecular weight excluding hydrogens is 716 g/mol. The number of cyclic esters (lactones) is 1. The van der Waals surface area contributed by atoms with E-state index in [-0.39, 0.29) is 55.2 Å². The molecule has 4 heterocycles. The van der Waals surface area contributed by atoms with E-state index in [4.69, 9.17) is 33.2 Å². The highest BCUT2D eigenvalue weighted by molar-refractivity contribution is 5.85. The number of aliphatic hydroxyl groups is 6. The van der Waals surface area contributed by atoms with Crippen molar-refractivity contribution >= 4 is 5.97 Å². The molecule has 0 radical (unpaired) electrons. The van der Waals surface area contributed by atoms with Gasteiger partial charge in [-0.2, -0.15) is 0 Å². The van der Waals surface area contributed by atoms with Gasteiger partial charge in [-0.1, -0.05) is 13.8 Å². The second-order valence-corrected chi connectivity index (χ2v) is 18.9. The smallest absolute Gasteiger partial charge is 0.331 e. The highest BCUT2D eigenvalue weighted by Gasteiger charge is 2.70. The lowest BCUT2D eigenvalue weighted by Crippen LogP contribution is -2.62. The molecule has 55 heavy (non-hydrogen) atoms. The molecule has 3 saturated heterocycles. The summed E-state index contributed by atoms with van der Waals surface area (Å²) in [4.78, 5) is 12.0. The van der Waals surface area contributed by atoms with Gasteiger partial charge in [0.2, 0.25) is 0 Å². The van der Waals surface area contributed by atoms with Crippen LogP contribution in [0.1, 0.15) is 105 Å². The first kappa shape index (κ1) is 40.5. The van der Waals surface area contributed by atoms with Crippen LogP contribution in [0.3, 0.4) is 0 Å². The van der Waals surface area contributed by atoms with Crippen LogP contribution in [0, 0.1) is 34.5 Å². The van der Waals surface area contributed by atoms with Crippen molar-refractivity contribution in [2.75, 3.05) is 6.61 Å². The molecule has 0 bridgehead atoms. The third-order valence-electron chi connectivity index (χ3n) is 15.8. The Balaban J connectivity index is 0.834. The Bertz CT molecular complexity index is 1410. The summed E-state index contributed by atoms with van der Waals surface area (Å²) in [5, 5.41) is 66.3. The van der Waals surface area contributed by atoms with Crippen molar-refractivity contribution in [2.45, 2.75) is 197 Å². The lowest BCUT2D eigenvalue weighted by molar-refractivity contribution is -0.336. The van der Waals surface area contributed by atoms with Gasteiger partial charge in [-0.25, -0.2) is 4.79 Å². The average molecular weight is 781 g/mol. The fourth-order valence-corrected chi connectivity index (χ4v) is 12.9. The molecule has 4 aliphatic heterocycles. The maximum absolute atomic E-state index is 12.6. The zero-order chi connectivity index (χ0) is 39.2. The minimum Gasteiger partial charge on any atom is -0.458 e. The Morgan fingerprint density at radius 1 is 0.691 bits per heavy atom. The van der Waals surface area contributed by atoms with E-state index in [2.05, 4.69) is 13.8 Å². The van der Waals surface area contributed by atoms with Crippen molar-refractivity contribution in [3.8, 4) is 0 Å². The predicted octanol–water partition coefficient (Wildman–Crippen LogP) is 2.22. The van der Waals surface area contributed by atoms with Crippen molar-refractivity contribution in [1.82, 2.24) is 0 Å². The fraction of sp³-hybridized carbons (Fsp3) is 0.927. The van der Waals surface area contributed by atoms with Gasteiger partial charge in [0, 0.05) is 43.1 Å². The summed E-state index contributed by atoms with van der Waals surface area (Å²) in [5.41, 5.74) is -0.686. The predicted molar refractivity (Wildman–Crippen MR) is 193 cm³/mol. The minimum absolute atomic E-state index is 0.0203. The van der Waals surface area contributed by atoms with Crippen LogP contribution in [0.4, 0.5) is 0 Å². The van der Waals surface area contributed by atoms with E-state index in [0.717, 1.165) is 50.5 Å². The monoisotopic (exact) mass is 780 g/mol. The zero-order valence-corrected chi connectivity index (χ0v) is 32.9. The normalized spacial score (nSPS) is 55.5. The van der Waals surface area contributed by atoms with E-state index < -0.39 is 90.9 Å². The first-order valence-corrected chi connectivity index (χ1v) is 20.9. The van der Waals surface area contributed by atoms with Crippen molar-refractivity contribution in [1.29, 1.82) is 0 Å². The van der Waals surface area contributed by atoms with Gasteiger partial charge in [0.1, 0.15) is 24.9 Å². The van der Waals surface area contributed by atoms with Crippen molar-refractivity contribution in [3.05, 3.63) is 11.6 Å². The Morgan fingerprint density at radius 3 is 1.87 bits per heavy atom. The van der Waals surface area contributed by atoms with Crippen molar-refractivity contribution in [3.63, 3.8) is 0 Å². The van der Waals surface area contributed by atoms with E-state index >= 15 is 0 Å². The van der Waals surface area contributed by atoms with Crippen LogP contribution in [0.15, 0.2) is 11.6 Å². The van der Waals surface area contributed by atoms with Gasteiger partial charge in [-0.3, -0.25) is 0 Å². The van der Waals surface area contributed by atoms with Crippen LogP contribution in [-0.4, -0.2) is 135 Å². The molecule has 0 spiro atoms. The quantitative estimate of drug-likeness (QED) is 0.162. The lowest BCUT2D eigenvalue weighted by atomic mass is 9.43. The molecule has 6 N–H and O–H groups in total. The van der Waals surface area contributed by atoms with Gasteiger partial charge in [-0.05, 0) is 94.5 Å². The third kappa shape index (κ3) is 7.05. The van der Waals surface area contributed by atoms with E-state index in [1.165, 1.54) is 6.08 Å². The number of fused-ring (bicyclic) bond motifs is 5. The fourth-order valence-electron chi connectivity index (χ4n) is 12.9. The number of esters is 1. The molecule has 0 aromatic rings. The molecule has 7 fully saturated rings. The van der Waals surface area contributed by atoms with Gasteiger partial charge in [0.05, 0.1) is 54.4 Å². The second-order valence-electron chi connectivity index (χ2n) is 18.9. The largest absolute Gasteiger partial charge is 0.458 e. The van der Waals surface area contributed by atoms with Crippen LogP contribution in [0.5, 0.6) is 0 Å². The summed E-state index contributed by atoms with van der Waals surface area (Å²) in [6.45, 7) is 9.98. The number of hydrogen-bond acceptors (Lipinski definition) is 14. The highest BCUT2D eigenvalue weighted by atomic mass is 16.7. The second kappa shape index (κ2) is 15.1. The molecule has 312 valence electrons.